The largest absolute Gasteiger partial charge is 0.278 e. The summed E-state index contributed by atoms with van der Waals surface area (Å²) in [5.74, 6) is 0.207. The number of nitrogens with one attached hydrogen (secondary N) is 1. The van der Waals surface area contributed by atoms with Gasteiger partial charge in [-0.15, -0.1) is 11.8 Å². The number of hydrogen-bond acceptors (Lipinski definition) is 4. The highest BCUT2D eigenvalue weighted by Gasteiger charge is 2.36. The summed E-state index contributed by atoms with van der Waals surface area (Å²) < 4.78 is 14.1. The number of rotatable bonds is 3. The van der Waals surface area contributed by atoms with Crippen LogP contribution in [0, 0.1) is 5.82 Å². The fourth-order valence-electron chi connectivity index (χ4n) is 2.06. The SMILES string of the molecule is O=C1CSC(c2c(F)cccc2Cl)N1Nc1ccccn1. The first-order valence-corrected chi connectivity index (χ1v) is 7.65. The van der Waals surface area contributed by atoms with Crippen molar-refractivity contribution in [2.45, 2.75) is 5.37 Å². The molecule has 1 unspecified atom stereocenters. The first kappa shape index (κ1) is 14.2. The van der Waals surface area contributed by atoms with Crippen LogP contribution in [-0.2, 0) is 4.79 Å². The number of hydrogen-bond donors (Lipinski definition) is 1. The monoisotopic (exact) mass is 323 g/mol. The lowest BCUT2D eigenvalue weighted by molar-refractivity contribution is -0.126. The van der Waals surface area contributed by atoms with Gasteiger partial charge in [-0.3, -0.25) is 10.2 Å². The number of nitrogens with zero attached hydrogens (tertiary/aromatic N) is 2. The second-order valence-corrected chi connectivity index (χ2v) is 5.86. The Bertz CT molecular complexity index is 650. The van der Waals surface area contributed by atoms with Crippen LogP contribution >= 0.6 is 23.4 Å². The van der Waals surface area contributed by atoms with Crippen molar-refractivity contribution in [3.05, 3.63) is 59.0 Å². The van der Waals surface area contributed by atoms with Crippen LogP contribution in [0.4, 0.5) is 10.2 Å². The van der Waals surface area contributed by atoms with E-state index in [-0.39, 0.29) is 11.7 Å². The number of carbonyl (C=O) groups is 1. The first-order chi connectivity index (χ1) is 10.2. The molecule has 2 heterocycles. The summed E-state index contributed by atoms with van der Waals surface area (Å²) >= 11 is 7.41. The van der Waals surface area contributed by atoms with Gasteiger partial charge in [0.1, 0.15) is 17.0 Å². The van der Waals surface area contributed by atoms with E-state index >= 15 is 0 Å². The van der Waals surface area contributed by atoms with E-state index in [0.717, 1.165) is 0 Å². The number of carbonyl (C=O) groups excluding carboxylic acids is 1. The zero-order valence-electron chi connectivity index (χ0n) is 10.8. The van der Waals surface area contributed by atoms with E-state index < -0.39 is 11.2 Å². The third-order valence-corrected chi connectivity index (χ3v) is 4.52. The molecule has 0 spiro atoms. The van der Waals surface area contributed by atoms with E-state index in [1.54, 1.807) is 36.5 Å². The van der Waals surface area contributed by atoms with Crippen LogP contribution in [0.2, 0.25) is 5.02 Å². The molecule has 1 saturated heterocycles. The Kier molecular flexibility index (Phi) is 3.98. The number of hydrazine groups is 1. The molecule has 1 aromatic heterocycles. The van der Waals surface area contributed by atoms with E-state index in [1.807, 2.05) is 0 Å². The minimum atomic E-state index is -0.520. The molecule has 1 fully saturated rings. The Balaban J connectivity index is 1.93. The van der Waals surface area contributed by atoms with Crippen molar-refractivity contribution in [1.82, 2.24) is 9.99 Å². The fraction of sp³-hybridized carbons (Fsp3) is 0.143. The van der Waals surface area contributed by atoms with E-state index in [0.29, 0.717) is 16.4 Å². The molecule has 1 aliphatic rings. The summed E-state index contributed by atoms with van der Waals surface area (Å²) in [5, 5.41) is 1.15. The highest BCUT2D eigenvalue weighted by atomic mass is 35.5. The molecule has 0 bridgehead atoms. The highest BCUT2D eigenvalue weighted by molar-refractivity contribution is 8.00. The van der Waals surface area contributed by atoms with Gasteiger partial charge in [0, 0.05) is 16.8 Å². The van der Waals surface area contributed by atoms with Crippen molar-refractivity contribution in [2.24, 2.45) is 0 Å². The van der Waals surface area contributed by atoms with Gasteiger partial charge in [-0.05, 0) is 24.3 Å². The van der Waals surface area contributed by atoms with Crippen molar-refractivity contribution >= 4 is 35.1 Å². The number of amides is 1. The molecule has 4 nitrogen and oxygen atoms in total. The smallest absolute Gasteiger partial charge is 0.252 e. The molecular weight excluding hydrogens is 313 g/mol. The Hall–Kier alpha value is -1.79. The zero-order valence-corrected chi connectivity index (χ0v) is 12.4. The Morgan fingerprint density at radius 3 is 2.90 bits per heavy atom. The molecule has 1 amide bonds. The quantitative estimate of drug-likeness (QED) is 0.939. The minimum absolute atomic E-state index is 0.144. The zero-order chi connectivity index (χ0) is 14.8. The van der Waals surface area contributed by atoms with Crippen LogP contribution in [0.1, 0.15) is 10.9 Å². The molecule has 3 rings (SSSR count). The highest BCUT2D eigenvalue weighted by Crippen LogP contribution is 2.42. The molecule has 1 aromatic carbocycles. The molecule has 1 N–H and O–H groups in total. The molecule has 1 atom stereocenters. The molecule has 1 aliphatic heterocycles. The van der Waals surface area contributed by atoms with Gasteiger partial charge in [0.15, 0.2) is 0 Å². The van der Waals surface area contributed by atoms with Crippen LogP contribution in [-0.4, -0.2) is 21.7 Å². The van der Waals surface area contributed by atoms with E-state index in [4.69, 9.17) is 11.6 Å². The average Bonchev–Trinajstić information content (AvgIpc) is 2.82. The molecule has 0 saturated carbocycles. The lowest BCUT2D eigenvalue weighted by atomic mass is 10.2. The summed E-state index contributed by atoms with van der Waals surface area (Å²) in [4.78, 5) is 16.1. The van der Waals surface area contributed by atoms with Gasteiger partial charge in [0.2, 0.25) is 0 Å². The summed E-state index contributed by atoms with van der Waals surface area (Å²) in [7, 11) is 0. The normalized spacial score (nSPS) is 18.1. The number of anilines is 1. The lowest BCUT2D eigenvalue weighted by Crippen LogP contribution is -2.34. The van der Waals surface area contributed by atoms with Gasteiger partial charge in [-0.25, -0.2) is 14.4 Å². The average molecular weight is 324 g/mol. The van der Waals surface area contributed by atoms with Gasteiger partial charge in [0.05, 0.1) is 5.75 Å². The van der Waals surface area contributed by atoms with Crippen LogP contribution in [0.15, 0.2) is 42.6 Å². The van der Waals surface area contributed by atoms with Gasteiger partial charge in [-0.1, -0.05) is 23.7 Å². The molecule has 7 heteroatoms. The second-order valence-electron chi connectivity index (χ2n) is 4.39. The van der Waals surface area contributed by atoms with Crippen LogP contribution in [0.25, 0.3) is 0 Å². The molecule has 0 radical (unpaired) electrons. The molecule has 21 heavy (non-hydrogen) atoms. The fourth-order valence-corrected chi connectivity index (χ4v) is 3.55. The maximum Gasteiger partial charge on any atom is 0.252 e. The number of aromatic nitrogens is 1. The lowest BCUT2D eigenvalue weighted by Gasteiger charge is -2.25. The van der Waals surface area contributed by atoms with Crippen LogP contribution in [0.5, 0.6) is 0 Å². The van der Waals surface area contributed by atoms with Gasteiger partial charge in [0.25, 0.3) is 5.91 Å². The predicted molar refractivity (Wildman–Crippen MR) is 81.3 cm³/mol. The molecule has 0 aliphatic carbocycles. The summed E-state index contributed by atoms with van der Waals surface area (Å²) in [6, 6.07) is 9.80. The Labute approximate surface area is 130 Å². The maximum absolute atomic E-state index is 14.1. The number of halogens is 2. The van der Waals surface area contributed by atoms with Crippen molar-refractivity contribution in [2.75, 3.05) is 11.2 Å². The number of thioether (sulfide) groups is 1. The van der Waals surface area contributed by atoms with Crippen molar-refractivity contribution in [3.8, 4) is 0 Å². The minimum Gasteiger partial charge on any atom is -0.278 e. The van der Waals surface area contributed by atoms with Crippen molar-refractivity contribution in [3.63, 3.8) is 0 Å². The summed E-state index contributed by atoms with van der Waals surface area (Å²) in [5.41, 5.74) is 3.22. The predicted octanol–water partition coefficient (Wildman–Crippen LogP) is 3.48. The number of benzene rings is 1. The third-order valence-electron chi connectivity index (χ3n) is 3.01. The van der Waals surface area contributed by atoms with Crippen molar-refractivity contribution < 1.29 is 9.18 Å². The van der Waals surface area contributed by atoms with E-state index in [1.165, 1.54) is 22.8 Å². The Morgan fingerprint density at radius 1 is 1.33 bits per heavy atom. The second kappa shape index (κ2) is 5.91. The first-order valence-electron chi connectivity index (χ1n) is 6.22. The van der Waals surface area contributed by atoms with Crippen LogP contribution < -0.4 is 5.43 Å². The standard InChI is InChI=1S/C14H11ClFN3OS/c15-9-4-3-5-10(16)13(9)14-19(12(20)8-21-14)18-11-6-1-2-7-17-11/h1-7,14H,8H2,(H,17,18). The van der Waals surface area contributed by atoms with E-state index in [2.05, 4.69) is 10.4 Å². The molecule has 2 aromatic rings. The van der Waals surface area contributed by atoms with Gasteiger partial charge >= 0.3 is 0 Å². The maximum atomic E-state index is 14.1. The number of pyridine rings is 1. The third kappa shape index (κ3) is 2.82. The van der Waals surface area contributed by atoms with Crippen molar-refractivity contribution in [1.29, 1.82) is 0 Å². The van der Waals surface area contributed by atoms with Gasteiger partial charge < -0.3 is 0 Å². The topological polar surface area (TPSA) is 45.2 Å². The van der Waals surface area contributed by atoms with Crippen LogP contribution in [0.3, 0.4) is 0 Å². The summed E-state index contributed by atoms with van der Waals surface area (Å²) in [6.07, 6.45) is 1.61. The molecular formula is C14H11ClFN3OS. The molecule has 108 valence electrons. The summed E-state index contributed by atoms with van der Waals surface area (Å²) in [6.45, 7) is 0. The van der Waals surface area contributed by atoms with E-state index in [9.17, 15) is 9.18 Å². The Morgan fingerprint density at radius 2 is 2.19 bits per heavy atom. The van der Waals surface area contributed by atoms with Gasteiger partial charge in [-0.2, -0.15) is 0 Å².